The second kappa shape index (κ2) is 4.77. The molecular weight excluding hydrogens is 212 g/mol. The van der Waals surface area contributed by atoms with Crippen LogP contribution in [0.25, 0.3) is 0 Å². The molecule has 2 unspecified atom stereocenters. The molecule has 0 aromatic rings. The molecule has 4 rings (SSSR count). The molecule has 2 fully saturated rings. The fourth-order valence-electron chi connectivity index (χ4n) is 2.39. The van der Waals surface area contributed by atoms with Crippen molar-refractivity contribution in [3.8, 4) is 0 Å². The third kappa shape index (κ3) is 2.28. The van der Waals surface area contributed by atoms with E-state index in [0.29, 0.717) is 5.92 Å². The first-order valence-electron chi connectivity index (χ1n) is 6.16. The molecule has 0 amide bonds. The quantitative estimate of drug-likeness (QED) is 0.495. The average Bonchev–Trinajstić information content (AvgIpc) is 3.06. The van der Waals surface area contributed by atoms with Crippen LogP contribution in [0.5, 0.6) is 0 Å². The van der Waals surface area contributed by atoms with Gasteiger partial charge in [0, 0.05) is 36.3 Å². The van der Waals surface area contributed by atoms with Gasteiger partial charge in [0.2, 0.25) is 0 Å². The molecule has 0 radical (unpaired) electrons. The molecule has 0 bridgehead atoms. The van der Waals surface area contributed by atoms with E-state index in [1.165, 1.54) is 17.8 Å². The van der Waals surface area contributed by atoms with E-state index < -0.39 is 0 Å². The number of hydrazine groups is 2. The van der Waals surface area contributed by atoms with Crippen LogP contribution in [0.4, 0.5) is 0 Å². The summed E-state index contributed by atoms with van der Waals surface area (Å²) in [6, 6.07) is 0. The van der Waals surface area contributed by atoms with Crippen LogP contribution in [-0.4, -0.2) is 13.1 Å². The van der Waals surface area contributed by atoms with Crippen molar-refractivity contribution in [3.05, 3.63) is 47.9 Å². The highest BCUT2D eigenvalue weighted by molar-refractivity contribution is 5.28. The minimum atomic E-state index is 0.634. The van der Waals surface area contributed by atoms with E-state index in [9.17, 15) is 0 Å². The van der Waals surface area contributed by atoms with E-state index in [1.54, 1.807) is 0 Å². The third-order valence-corrected chi connectivity index (χ3v) is 3.43. The van der Waals surface area contributed by atoms with Gasteiger partial charge in [-0.25, -0.2) is 10.9 Å². The Hall–Kier alpha value is -1.52. The smallest absolute Gasteiger partial charge is 0.0343 e. The van der Waals surface area contributed by atoms with Crippen molar-refractivity contribution in [1.82, 2.24) is 21.7 Å². The van der Waals surface area contributed by atoms with Gasteiger partial charge >= 0.3 is 0 Å². The second-order valence-electron chi connectivity index (χ2n) is 4.61. The van der Waals surface area contributed by atoms with Crippen LogP contribution in [0.1, 0.15) is 6.42 Å². The molecule has 17 heavy (non-hydrogen) atoms. The number of allylic oxidation sites excluding steroid dienone is 5. The van der Waals surface area contributed by atoms with Crippen molar-refractivity contribution in [2.24, 2.45) is 11.8 Å². The minimum absolute atomic E-state index is 0.634. The van der Waals surface area contributed by atoms with Crippen LogP contribution < -0.4 is 21.7 Å². The Labute approximate surface area is 101 Å². The zero-order valence-electron chi connectivity index (χ0n) is 9.74. The molecule has 2 atom stereocenters. The Bertz CT molecular complexity index is 406. The number of hydrogen-bond donors (Lipinski definition) is 4. The number of fused-ring (bicyclic) bond motifs is 2. The van der Waals surface area contributed by atoms with Gasteiger partial charge in [-0.3, -0.25) is 0 Å². The molecule has 4 aliphatic rings. The Morgan fingerprint density at radius 3 is 2.65 bits per heavy atom. The standard InChI is InChI=1S/C7H10N2.C6H8N2/c1-2-4-7-6(3-1)5-8-9-7;1-2-5-4-7-8-6(5)3-1/h1-2,4,6,8-9H,3,5H2;1-3,5,7-8H,4H2. The van der Waals surface area contributed by atoms with Crippen molar-refractivity contribution in [2.45, 2.75) is 6.42 Å². The maximum atomic E-state index is 3.12. The first kappa shape index (κ1) is 10.6. The van der Waals surface area contributed by atoms with Crippen LogP contribution in [0.3, 0.4) is 0 Å². The summed E-state index contributed by atoms with van der Waals surface area (Å²) in [6.07, 6.45) is 14.0. The van der Waals surface area contributed by atoms with Crippen molar-refractivity contribution in [1.29, 1.82) is 0 Å². The van der Waals surface area contributed by atoms with Gasteiger partial charge < -0.3 is 10.9 Å². The van der Waals surface area contributed by atoms with Crippen LogP contribution in [0.2, 0.25) is 0 Å². The molecule has 0 aromatic carbocycles. The Morgan fingerprint density at radius 1 is 0.941 bits per heavy atom. The lowest BCUT2D eigenvalue weighted by atomic mass is 9.99. The number of rotatable bonds is 0. The van der Waals surface area contributed by atoms with Crippen molar-refractivity contribution in [3.63, 3.8) is 0 Å². The summed E-state index contributed by atoms with van der Waals surface area (Å²) in [7, 11) is 0. The average molecular weight is 230 g/mol. The molecule has 2 saturated heterocycles. The fourth-order valence-corrected chi connectivity index (χ4v) is 2.39. The lowest BCUT2D eigenvalue weighted by Gasteiger charge is -2.08. The van der Waals surface area contributed by atoms with E-state index in [4.69, 9.17) is 0 Å². The highest BCUT2D eigenvalue weighted by Crippen LogP contribution is 2.19. The van der Waals surface area contributed by atoms with Gasteiger partial charge in [-0.1, -0.05) is 24.3 Å². The zero-order chi connectivity index (χ0) is 11.5. The first-order chi connectivity index (χ1) is 8.43. The molecule has 90 valence electrons. The fraction of sp³-hybridized carbons (Fsp3) is 0.385. The maximum Gasteiger partial charge on any atom is 0.0343 e. The lowest BCUT2D eigenvalue weighted by Crippen LogP contribution is -2.20. The van der Waals surface area contributed by atoms with Crippen molar-refractivity contribution in [2.75, 3.05) is 13.1 Å². The van der Waals surface area contributed by atoms with E-state index in [1.807, 2.05) is 0 Å². The van der Waals surface area contributed by atoms with Gasteiger partial charge in [-0.05, 0) is 18.6 Å². The second-order valence-corrected chi connectivity index (χ2v) is 4.61. The zero-order valence-corrected chi connectivity index (χ0v) is 9.74. The highest BCUT2D eigenvalue weighted by Gasteiger charge is 2.19. The molecule has 4 nitrogen and oxygen atoms in total. The van der Waals surface area contributed by atoms with Gasteiger partial charge in [0.15, 0.2) is 0 Å². The van der Waals surface area contributed by atoms with Crippen LogP contribution in [-0.2, 0) is 0 Å². The largest absolute Gasteiger partial charge is 0.325 e. The van der Waals surface area contributed by atoms with E-state index in [2.05, 4.69) is 58.2 Å². The first-order valence-corrected chi connectivity index (χ1v) is 6.16. The molecule has 4 heteroatoms. The Morgan fingerprint density at radius 2 is 1.76 bits per heavy atom. The molecule has 0 aromatic heterocycles. The monoisotopic (exact) mass is 230 g/mol. The maximum absolute atomic E-state index is 3.12. The van der Waals surface area contributed by atoms with Crippen LogP contribution in [0, 0.1) is 11.8 Å². The lowest BCUT2D eigenvalue weighted by molar-refractivity contribution is 0.651. The predicted molar refractivity (Wildman–Crippen MR) is 68.3 cm³/mol. The van der Waals surface area contributed by atoms with Crippen molar-refractivity contribution < 1.29 is 0 Å². The summed E-state index contributed by atoms with van der Waals surface area (Å²) in [5, 5.41) is 0. The summed E-state index contributed by atoms with van der Waals surface area (Å²) >= 11 is 0. The van der Waals surface area contributed by atoms with E-state index >= 15 is 0 Å². The van der Waals surface area contributed by atoms with Gasteiger partial charge in [0.25, 0.3) is 0 Å². The molecule has 0 spiro atoms. The summed E-state index contributed by atoms with van der Waals surface area (Å²) in [6.45, 7) is 2.12. The summed E-state index contributed by atoms with van der Waals surface area (Å²) in [4.78, 5) is 0. The molecule has 4 N–H and O–H groups in total. The molecule has 2 aliphatic carbocycles. The normalized spacial score (nSPS) is 31.5. The minimum Gasteiger partial charge on any atom is -0.325 e. The predicted octanol–water partition coefficient (Wildman–Crippen LogP) is 0.718. The van der Waals surface area contributed by atoms with Gasteiger partial charge in [-0.15, -0.1) is 0 Å². The van der Waals surface area contributed by atoms with Gasteiger partial charge in [0.05, 0.1) is 0 Å². The third-order valence-electron chi connectivity index (χ3n) is 3.43. The SMILES string of the molecule is C1=CC2CNNC2=C1.C1=CCC2CNNC2=C1. The van der Waals surface area contributed by atoms with E-state index in [0.717, 1.165) is 19.0 Å². The molecule has 0 saturated carbocycles. The number of hydrogen-bond acceptors (Lipinski definition) is 4. The topological polar surface area (TPSA) is 48.1 Å². The van der Waals surface area contributed by atoms with Crippen LogP contribution >= 0.6 is 0 Å². The Balaban J connectivity index is 0.000000107. The van der Waals surface area contributed by atoms with E-state index in [-0.39, 0.29) is 0 Å². The molecule has 2 heterocycles. The Kier molecular flexibility index (Phi) is 2.98. The highest BCUT2D eigenvalue weighted by atomic mass is 15.4. The summed E-state index contributed by atoms with van der Waals surface area (Å²) in [5.74, 6) is 1.35. The summed E-state index contributed by atoms with van der Waals surface area (Å²) in [5.41, 5.74) is 15.0. The molecule has 2 aliphatic heterocycles. The van der Waals surface area contributed by atoms with Crippen molar-refractivity contribution >= 4 is 0 Å². The number of nitrogens with one attached hydrogen (secondary N) is 4. The molecular formula is C13H18N4. The van der Waals surface area contributed by atoms with Gasteiger partial charge in [-0.2, -0.15) is 0 Å². The van der Waals surface area contributed by atoms with Crippen LogP contribution in [0.15, 0.2) is 47.9 Å². The van der Waals surface area contributed by atoms with Gasteiger partial charge in [0.1, 0.15) is 0 Å². The summed E-state index contributed by atoms with van der Waals surface area (Å²) < 4.78 is 0.